The second-order valence-electron chi connectivity index (χ2n) is 3.68. The molecule has 2 atom stereocenters. The first-order valence-corrected chi connectivity index (χ1v) is 5.18. The van der Waals surface area contributed by atoms with Crippen LogP contribution in [0.5, 0.6) is 0 Å². The van der Waals surface area contributed by atoms with E-state index < -0.39 is 11.6 Å². The Kier molecular flexibility index (Phi) is 4.28. The van der Waals surface area contributed by atoms with Crippen molar-refractivity contribution in [3.8, 4) is 0 Å². The molecule has 16 heavy (non-hydrogen) atoms. The van der Waals surface area contributed by atoms with Crippen LogP contribution in [-0.2, 0) is 5.60 Å². The summed E-state index contributed by atoms with van der Waals surface area (Å²) in [6, 6.07) is 8.76. The Hall–Kier alpha value is -1.58. The molecule has 0 radical (unpaired) electrons. The highest BCUT2D eigenvalue weighted by molar-refractivity contribution is 5.27. The van der Waals surface area contributed by atoms with Crippen molar-refractivity contribution in [1.29, 1.82) is 0 Å². The highest BCUT2D eigenvalue weighted by atomic mass is 16.3. The van der Waals surface area contributed by atoms with Gasteiger partial charge in [-0.05, 0) is 11.8 Å². The van der Waals surface area contributed by atoms with Crippen LogP contribution in [0.4, 0.5) is 0 Å². The van der Waals surface area contributed by atoms with Gasteiger partial charge in [-0.15, -0.1) is 6.58 Å². The quantitative estimate of drug-likeness (QED) is 0.651. The average Bonchev–Trinajstić information content (AvgIpc) is 2.36. The smallest absolute Gasteiger partial charge is 0.112 e. The van der Waals surface area contributed by atoms with Gasteiger partial charge >= 0.3 is 0 Å². The first-order chi connectivity index (χ1) is 7.65. The molecular formula is C13H18N2O. The minimum atomic E-state index is -1.15. The third-order valence-electron chi connectivity index (χ3n) is 2.64. The predicted molar refractivity (Wildman–Crippen MR) is 66.5 cm³/mol. The minimum absolute atomic E-state index is 0.362. The van der Waals surface area contributed by atoms with Crippen LogP contribution in [0.3, 0.4) is 0 Å². The monoisotopic (exact) mass is 218 g/mol. The molecule has 86 valence electrons. The molecule has 0 amide bonds. The molecular weight excluding hydrogens is 200 g/mol. The highest BCUT2D eigenvalue weighted by Crippen LogP contribution is 2.28. The Morgan fingerprint density at radius 2 is 2.00 bits per heavy atom. The van der Waals surface area contributed by atoms with Gasteiger partial charge in [0.15, 0.2) is 0 Å². The molecule has 0 bridgehead atoms. The van der Waals surface area contributed by atoms with Crippen LogP contribution in [0.1, 0.15) is 12.0 Å². The summed E-state index contributed by atoms with van der Waals surface area (Å²) in [7, 11) is 0. The van der Waals surface area contributed by atoms with Gasteiger partial charge in [0.05, 0.1) is 6.04 Å². The molecule has 1 aromatic carbocycles. The maximum atomic E-state index is 10.6. The van der Waals surface area contributed by atoms with E-state index in [1.165, 1.54) is 12.3 Å². The second-order valence-corrected chi connectivity index (χ2v) is 3.68. The summed E-state index contributed by atoms with van der Waals surface area (Å²) in [6.45, 7) is 3.62. The lowest BCUT2D eigenvalue weighted by Crippen LogP contribution is -2.43. The van der Waals surface area contributed by atoms with Crippen LogP contribution < -0.4 is 11.5 Å². The summed E-state index contributed by atoms with van der Waals surface area (Å²) >= 11 is 0. The average molecular weight is 218 g/mol. The molecule has 0 aliphatic rings. The second kappa shape index (κ2) is 5.49. The number of aliphatic hydroxyl groups is 1. The molecule has 5 N–H and O–H groups in total. The lowest BCUT2D eigenvalue weighted by atomic mass is 9.84. The van der Waals surface area contributed by atoms with E-state index in [0.29, 0.717) is 6.42 Å². The van der Waals surface area contributed by atoms with Gasteiger partial charge in [-0.1, -0.05) is 42.5 Å². The summed E-state index contributed by atoms with van der Waals surface area (Å²) in [4.78, 5) is 0. The van der Waals surface area contributed by atoms with E-state index in [1.54, 1.807) is 6.08 Å². The summed E-state index contributed by atoms with van der Waals surface area (Å²) in [5, 5.41) is 10.6. The first-order valence-electron chi connectivity index (χ1n) is 5.18. The van der Waals surface area contributed by atoms with Crippen molar-refractivity contribution < 1.29 is 5.11 Å². The first kappa shape index (κ1) is 12.5. The SMILES string of the molecule is C=CC(N)C(O)(C/C=C/N)c1ccccc1. The number of rotatable bonds is 5. The van der Waals surface area contributed by atoms with Gasteiger partial charge in [-0.3, -0.25) is 0 Å². The molecule has 2 unspecified atom stereocenters. The predicted octanol–water partition coefficient (Wildman–Crippen LogP) is 1.25. The Labute approximate surface area is 96.1 Å². The fourth-order valence-corrected chi connectivity index (χ4v) is 1.62. The van der Waals surface area contributed by atoms with E-state index in [2.05, 4.69) is 6.58 Å². The van der Waals surface area contributed by atoms with Crippen LogP contribution >= 0.6 is 0 Å². The van der Waals surface area contributed by atoms with Gasteiger partial charge in [0.2, 0.25) is 0 Å². The van der Waals surface area contributed by atoms with Gasteiger partial charge in [-0.25, -0.2) is 0 Å². The standard InChI is InChI=1S/C13H18N2O/c1-2-12(15)13(16,9-6-10-14)11-7-4-3-5-8-11/h2-8,10,12,16H,1,9,14-15H2/b10-6+. The lowest BCUT2D eigenvalue weighted by Gasteiger charge is -2.31. The molecule has 0 spiro atoms. The molecule has 1 rings (SSSR count). The number of benzene rings is 1. The summed E-state index contributed by atoms with van der Waals surface area (Å²) in [6.07, 6.45) is 5.00. The lowest BCUT2D eigenvalue weighted by molar-refractivity contribution is 0.0267. The van der Waals surface area contributed by atoms with Gasteiger partial charge < -0.3 is 16.6 Å². The molecule has 1 aromatic rings. The fraction of sp³-hybridized carbons (Fsp3) is 0.231. The van der Waals surface area contributed by atoms with E-state index in [4.69, 9.17) is 11.5 Å². The van der Waals surface area contributed by atoms with Crippen molar-refractivity contribution in [1.82, 2.24) is 0 Å². The van der Waals surface area contributed by atoms with Crippen molar-refractivity contribution in [3.05, 3.63) is 60.8 Å². The summed E-state index contributed by atoms with van der Waals surface area (Å²) in [5.41, 5.74) is 10.8. The fourth-order valence-electron chi connectivity index (χ4n) is 1.62. The van der Waals surface area contributed by atoms with Crippen LogP contribution in [0.15, 0.2) is 55.3 Å². The van der Waals surface area contributed by atoms with Crippen molar-refractivity contribution in [2.24, 2.45) is 11.5 Å². The highest BCUT2D eigenvalue weighted by Gasteiger charge is 2.33. The van der Waals surface area contributed by atoms with E-state index in [1.807, 2.05) is 30.3 Å². The summed E-state index contributed by atoms with van der Waals surface area (Å²) in [5.74, 6) is 0. The van der Waals surface area contributed by atoms with Crippen molar-refractivity contribution in [2.75, 3.05) is 0 Å². The van der Waals surface area contributed by atoms with Crippen molar-refractivity contribution in [2.45, 2.75) is 18.1 Å². The molecule has 0 saturated carbocycles. The zero-order chi connectivity index (χ0) is 12.0. The van der Waals surface area contributed by atoms with Crippen LogP contribution in [0.25, 0.3) is 0 Å². The molecule has 0 fully saturated rings. The van der Waals surface area contributed by atoms with Gasteiger partial charge in [0.25, 0.3) is 0 Å². The van der Waals surface area contributed by atoms with E-state index in [-0.39, 0.29) is 0 Å². The molecule has 0 saturated heterocycles. The maximum Gasteiger partial charge on any atom is 0.112 e. The summed E-state index contributed by atoms with van der Waals surface area (Å²) < 4.78 is 0. The number of nitrogens with two attached hydrogens (primary N) is 2. The van der Waals surface area contributed by atoms with Crippen LogP contribution in [-0.4, -0.2) is 11.1 Å². The Morgan fingerprint density at radius 3 is 2.50 bits per heavy atom. The van der Waals surface area contributed by atoms with Gasteiger partial charge in [-0.2, -0.15) is 0 Å². The normalized spacial score (nSPS) is 16.9. The maximum absolute atomic E-state index is 10.6. The molecule has 0 heterocycles. The Balaban J connectivity index is 3.08. The zero-order valence-electron chi connectivity index (χ0n) is 9.21. The topological polar surface area (TPSA) is 72.3 Å². The van der Waals surface area contributed by atoms with E-state index in [0.717, 1.165) is 5.56 Å². The number of hydrogen-bond acceptors (Lipinski definition) is 3. The Bertz CT molecular complexity index is 361. The Morgan fingerprint density at radius 1 is 1.38 bits per heavy atom. The number of hydrogen-bond donors (Lipinski definition) is 3. The van der Waals surface area contributed by atoms with Crippen molar-refractivity contribution >= 4 is 0 Å². The van der Waals surface area contributed by atoms with E-state index in [9.17, 15) is 5.11 Å². The molecule has 3 heteroatoms. The largest absolute Gasteiger partial charge is 0.405 e. The molecule has 0 aromatic heterocycles. The third-order valence-corrected chi connectivity index (χ3v) is 2.64. The minimum Gasteiger partial charge on any atom is -0.405 e. The van der Waals surface area contributed by atoms with Gasteiger partial charge in [0.1, 0.15) is 5.60 Å². The van der Waals surface area contributed by atoms with Crippen LogP contribution in [0, 0.1) is 0 Å². The van der Waals surface area contributed by atoms with Gasteiger partial charge in [0, 0.05) is 6.42 Å². The third kappa shape index (κ3) is 2.51. The molecule has 0 aliphatic carbocycles. The van der Waals surface area contributed by atoms with Crippen LogP contribution in [0.2, 0.25) is 0 Å². The zero-order valence-corrected chi connectivity index (χ0v) is 9.21. The molecule has 3 nitrogen and oxygen atoms in total. The molecule has 0 aliphatic heterocycles. The van der Waals surface area contributed by atoms with E-state index >= 15 is 0 Å². The van der Waals surface area contributed by atoms with Crippen molar-refractivity contribution in [3.63, 3.8) is 0 Å².